The quantitative estimate of drug-likeness (QED) is 0.502. The second-order valence-corrected chi connectivity index (χ2v) is 6.77. The number of aliphatic imine (C=N–C) groups is 1. The molecule has 3 rings (SSSR count). The lowest BCUT2D eigenvalue weighted by Gasteiger charge is -2.14. The molecule has 0 fully saturated rings. The number of carbonyl (C=O) groups is 2. The third kappa shape index (κ3) is 4.75. The van der Waals surface area contributed by atoms with Crippen LogP contribution < -0.4 is 19.9 Å². The first kappa shape index (κ1) is 20.4. The van der Waals surface area contributed by atoms with E-state index in [2.05, 4.69) is 20.9 Å². The number of nitrogens with zero attached hydrogens (tertiary/aromatic N) is 1. The number of esters is 1. The second-order valence-electron chi connectivity index (χ2n) is 5.86. The number of nitrogens with two attached hydrogens (primary N) is 1. The number of methoxy groups -OCH3 is 2. The van der Waals surface area contributed by atoms with Gasteiger partial charge in [0.15, 0.2) is 23.8 Å². The summed E-state index contributed by atoms with van der Waals surface area (Å²) in [6, 6.07) is 10.5. The first-order valence-electron chi connectivity index (χ1n) is 8.37. The number of amides is 1. The van der Waals surface area contributed by atoms with Gasteiger partial charge in [-0.3, -0.25) is 4.79 Å². The normalized spacial score (nSPS) is 14.4. The van der Waals surface area contributed by atoms with E-state index >= 15 is 0 Å². The van der Waals surface area contributed by atoms with Crippen molar-refractivity contribution < 1.29 is 28.5 Å². The molecule has 150 valence electrons. The summed E-state index contributed by atoms with van der Waals surface area (Å²) >= 11 is 3.37. The maximum atomic E-state index is 12.2. The zero-order valence-electron chi connectivity index (χ0n) is 15.6. The Labute approximate surface area is 175 Å². The van der Waals surface area contributed by atoms with Crippen molar-refractivity contribution in [3.05, 3.63) is 57.7 Å². The van der Waals surface area contributed by atoms with E-state index in [4.69, 9.17) is 24.7 Å². The van der Waals surface area contributed by atoms with E-state index in [0.29, 0.717) is 22.6 Å². The number of halogens is 1. The Morgan fingerprint density at radius 1 is 1.21 bits per heavy atom. The molecule has 1 heterocycles. The van der Waals surface area contributed by atoms with E-state index in [1.807, 2.05) is 12.1 Å². The Bertz CT molecular complexity index is 1010. The highest BCUT2D eigenvalue weighted by Gasteiger charge is 2.25. The minimum atomic E-state index is -0.636. The molecule has 0 saturated carbocycles. The van der Waals surface area contributed by atoms with Gasteiger partial charge >= 0.3 is 5.97 Å². The minimum absolute atomic E-state index is 0.120. The number of rotatable bonds is 7. The molecule has 29 heavy (non-hydrogen) atoms. The highest BCUT2D eigenvalue weighted by molar-refractivity contribution is 9.10. The summed E-state index contributed by atoms with van der Waals surface area (Å²) < 4.78 is 22.1. The first-order chi connectivity index (χ1) is 13.9. The number of benzene rings is 2. The van der Waals surface area contributed by atoms with Crippen LogP contribution in [0.4, 0.5) is 0 Å². The second kappa shape index (κ2) is 8.78. The molecule has 0 spiro atoms. The molecular weight excluding hydrogens is 444 g/mol. The SMILES string of the molecule is COc1cc(/C=C2\N=C(c3cccc(Br)c3)OC2=O)cc(OC)c1OCC(N)=O. The van der Waals surface area contributed by atoms with Crippen molar-refractivity contribution in [2.45, 2.75) is 0 Å². The monoisotopic (exact) mass is 460 g/mol. The molecule has 1 aliphatic heterocycles. The van der Waals surface area contributed by atoms with Crippen molar-refractivity contribution in [3.8, 4) is 17.2 Å². The van der Waals surface area contributed by atoms with E-state index in [-0.39, 0.29) is 24.0 Å². The van der Waals surface area contributed by atoms with Crippen molar-refractivity contribution in [1.29, 1.82) is 0 Å². The molecule has 0 radical (unpaired) electrons. The zero-order chi connectivity index (χ0) is 21.0. The zero-order valence-corrected chi connectivity index (χ0v) is 17.2. The number of hydrogen-bond acceptors (Lipinski definition) is 7. The van der Waals surface area contributed by atoms with E-state index < -0.39 is 11.9 Å². The van der Waals surface area contributed by atoms with Crippen molar-refractivity contribution in [3.63, 3.8) is 0 Å². The molecule has 8 nitrogen and oxygen atoms in total. The molecular formula is C20H17BrN2O6. The smallest absolute Gasteiger partial charge is 0.363 e. The largest absolute Gasteiger partial charge is 0.493 e. The summed E-state index contributed by atoms with van der Waals surface area (Å²) in [4.78, 5) is 27.5. The van der Waals surface area contributed by atoms with E-state index in [9.17, 15) is 9.59 Å². The maximum Gasteiger partial charge on any atom is 0.363 e. The van der Waals surface area contributed by atoms with Gasteiger partial charge in [0.2, 0.25) is 11.6 Å². The van der Waals surface area contributed by atoms with Crippen LogP contribution in [-0.4, -0.2) is 38.6 Å². The fourth-order valence-electron chi connectivity index (χ4n) is 2.58. The van der Waals surface area contributed by atoms with Gasteiger partial charge in [-0.15, -0.1) is 0 Å². The molecule has 2 aromatic carbocycles. The average molecular weight is 461 g/mol. The summed E-state index contributed by atoms with van der Waals surface area (Å²) in [6.45, 7) is -0.334. The fourth-order valence-corrected chi connectivity index (χ4v) is 2.98. The van der Waals surface area contributed by atoms with Crippen LogP contribution in [0.1, 0.15) is 11.1 Å². The Kier molecular flexibility index (Phi) is 6.18. The number of carbonyl (C=O) groups excluding carboxylic acids is 2. The number of primary amides is 1. The molecule has 9 heteroatoms. The van der Waals surface area contributed by atoms with Crippen molar-refractivity contribution in [1.82, 2.24) is 0 Å². The van der Waals surface area contributed by atoms with Crippen LogP contribution in [0.3, 0.4) is 0 Å². The molecule has 0 aromatic heterocycles. The van der Waals surface area contributed by atoms with E-state index in [0.717, 1.165) is 4.47 Å². The van der Waals surface area contributed by atoms with Gasteiger partial charge in [-0.05, 0) is 42.0 Å². The van der Waals surface area contributed by atoms with Gasteiger partial charge in [0.25, 0.3) is 5.91 Å². The van der Waals surface area contributed by atoms with Crippen LogP contribution in [0.25, 0.3) is 6.08 Å². The van der Waals surface area contributed by atoms with Crippen LogP contribution in [0.2, 0.25) is 0 Å². The predicted molar refractivity (Wildman–Crippen MR) is 109 cm³/mol. The summed E-state index contributed by atoms with van der Waals surface area (Å²) in [5.74, 6) is -0.165. The average Bonchev–Trinajstić information content (AvgIpc) is 3.06. The predicted octanol–water partition coefficient (Wildman–Crippen LogP) is 2.67. The number of ether oxygens (including phenoxy) is 4. The topological polar surface area (TPSA) is 109 Å². The van der Waals surface area contributed by atoms with Gasteiger partial charge in [0.1, 0.15) is 0 Å². The number of hydrogen-bond donors (Lipinski definition) is 1. The fraction of sp³-hybridized carbons (Fsp3) is 0.150. The summed E-state index contributed by atoms with van der Waals surface area (Å²) in [5, 5.41) is 0. The molecule has 1 aliphatic rings. The Balaban J connectivity index is 1.96. The van der Waals surface area contributed by atoms with Crippen LogP contribution in [0.5, 0.6) is 17.2 Å². The third-order valence-electron chi connectivity index (χ3n) is 3.84. The van der Waals surface area contributed by atoms with Crippen molar-refractivity contribution in [2.24, 2.45) is 10.7 Å². The van der Waals surface area contributed by atoms with Gasteiger partial charge < -0.3 is 24.7 Å². The van der Waals surface area contributed by atoms with Crippen LogP contribution in [0.15, 0.2) is 51.6 Å². The lowest BCUT2D eigenvalue weighted by molar-refractivity contribution is -0.130. The van der Waals surface area contributed by atoms with Crippen molar-refractivity contribution >= 4 is 39.8 Å². The Morgan fingerprint density at radius 2 is 1.90 bits per heavy atom. The summed E-state index contributed by atoms with van der Waals surface area (Å²) in [6.07, 6.45) is 1.54. The number of cyclic esters (lactones) is 1. The van der Waals surface area contributed by atoms with Crippen LogP contribution in [-0.2, 0) is 14.3 Å². The molecule has 0 aliphatic carbocycles. The van der Waals surface area contributed by atoms with E-state index in [1.165, 1.54) is 20.3 Å². The molecule has 0 unspecified atom stereocenters. The van der Waals surface area contributed by atoms with E-state index in [1.54, 1.807) is 24.3 Å². The molecule has 0 atom stereocenters. The summed E-state index contributed by atoms with van der Waals surface area (Å²) in [7, 11) is 2.88. The Hall–Kier alpha value is -3.33. The van der Waals surface area contributed by atoms with Crippen LogP contribution in [0, 0.1) is 0 Å². The van der Waals surface area contributed by atoms with Gasteiger partial charge in [-0.25, -0.2) is 9.79 Å². The standard InChI is InChI=1S/C20H17BrN2O6/c1-26-15-7-11(8-16(27-2)18(15)28-10-17(22)24)6-14-20(25)29-19(23-14)12-4-3-5-13(21)9-12/h3-9H,10H2,1-2H3,(H2,22,24)/b14-6-. The third-order valence-corrected chi connectivity index (χ3v) is 4.33. The lowest BCUT2D eigenvalue weighted by atomic mass is 10.1. The maximum absolute atomic E-state index is 12.2. The molecule has 0 saturated heterocycles. The minimum Gasteiger partial charge on any atom is -0.493 e. The lowest BCUT2D eigenvalue weighted by Crippen LogP contribution is -2.20. The van der Waals surface area contributed by atoms with Crippen molar-refractivity contribution in [2.75, 3.05) is 20.8 Å². The summed E-state index contributed by atoms with van der Waals surface area (Å²) in [5.41, 5.74) is 6.48. The van der Waals surface area contributed by atoms with Gasteiger partial charge in [-0.2, -0.15) is 0 Å². The Morgan fingerprint density at radius 3 is 2.48 bits per heavy atom. The molecule has 2 aromatic rings. The molecule has 2 N–H and O–H groups in total. The van der Waals surface area contributed by atoms with Gasteiger partial charge in [0, 0.05) is 10.0 Å². The highest BCUT2D eigenvalue weighted by Crippen LogP contribution is 2.39. The first-order valence-corrected chi connectivity index (χ1v) is 9.16. The van der Waals surface area contributed by atoms with Gasteiger partial charge in [-0.1, -0.05) is 22.0 Å². The highest BCUT2D eigenvalue weighted by atomic mass is 79.9. The van der Waals surface area contributed by atoms with Crippen LogP contribution >= 0.6 is 15.9 Å². The molecule has 1 amide bonds. The molecule has 0 bridgehead atoms. The van der Waals surface area contributed by atoms with Gasteiger partial charge in [0.05, 0.1) is 14.2 Å².